The largest absolute Gasteiger partial charge is 0.494 e. The van der Waals surface area contributed by atoms with Crippen molar-refractivity contribution in [3.8, 4) is 5.75 Å². The van der Waals surface area contributed by atoms with Gasteiger partial charge >= 0.3 is 0 Å². The Balaban J connectivity index is 1.78. The molecule has 0 aliphatic carbocycles. The van der Waals surface area contributed by atoms with E-state index in [-0.39, 0.29) is 31.2 Å². The molecule has 10 heteroatoms. The van der Waals surface area contributed by atoms with Gasteiger partial charge in [0.25, 0.3) is 5.91 Å². The number of fused-ring (bicyclic) bond motifs is 1. The van der Waals surface area contributed by atoms with Gasteiger partial charge in [-0.15, -0.1) is 0 Å². The summed E-state index contributed by atoms with van der Waals surface area (Å²) in [5.74, 6) is -0.568. The molecule has 1 aromatic heterocycles. The van der Waals surface area contributed by atoms with E-state index in [2.05, 4.69) is 15.6 Å². The van der Waals surface area contributed by atoms with Gasteiger partial charge in [0.05, 0.1) is 23.4 Å². The molecule has 0 fully saturated rings. The molecule has 0 saturated carbocycles. The molecule has 0 atom stereocenters. The fraction of sp³-hybridized carbons (Fsp3) is 0.375. The first-order valence-corrected chi connectivity index (χ1v) is 8.86. The van der Waals surface area contributed by atoms with Crippen molar-refractivity contribution in [3.05, 3.63) is 18.2 Å². The number of hydrogen-bond donors (Lipinski definition) is 4. The van der Waals surface area contributed by atoms with Gasteiger partial charge in [0.1, 0.15) is 5.75 Å². The Labute approximate surface area is 153 Å². The lowest BCUT2D eigenvalue weighted by Gasteiger charge is -2.04. The van der Waals surface area contributed by atoms with E-state index in [0.717, 1.165) is 16.0 Å². The average molecular weight is 380 g/mol. The number of benzene rings is 1. The highest BCUT2D eigenvalue weighted by atomic mass is 32.1. The standard InChI is InChI=1S/C16H20N4O5S/c1-2-25-10-6-7-11-12(8-10)26-16(18-11)19-14(22)5-3-4-13(21)17-9-15(23)20-24/h6-8,24H,2-5,9H2,1H3,(H,17,21)(H,20,23)(H,18,19,22). The van der Waals surface area contributed by atoms with Crippen LogP contribution in [0.4, 0.5) is 5.13 Å². The van der Waals surface area contributed by atoms with E-state index < -0.39 is 5.91 Å². The van der Waals surface area contributed by atoms with Gasteiger partial charge in [-0.25, -0.2) is 10.5 Å². The molecule has 0 spiro atoms. The van der Waals surface area contributed by atoms with Crippen LogP contribution in [-0.2, 0) is 14.4 Å². The third-order valence-electron chi connectivity index (χ3n) is 3.30. The van der Waals surface area contributed by atoms with Crippen LogP contribution in [0.1, 0.15) is 26.2 Å². The van der Waals surface area contributed by atoms with Crippen molar-refractivity contribution in [2.45, 2.75) is 26.2 Å². The lowest BCUT2D eigenvalue weighted by molar-refractivity contribution is -0.131. The van der Waals surface area contributed by atoms with E-state index in [9.17, 15) is 14.4 Å². The second-order valence-electron chi connectivity index (χ2n) is 5.30. The van der Waals surface area contributed by atoms with Crippen LogP contribution >= 0.6 is 11.3 Å². The molecule has 26 heavy (non-hydrogen) atoms. The minimum absolute atomic E-state index is 0.101. The van der Waals surface area contributed by atoms with Crippen LogP contribution in [0.5, 0.6) is 5.75 Å². The quantitative estimate of drug-likeness (QED) is 0.385. The number of ether oxygens (including phenoxy) is 1. The van der Waals surface area contributed by atoms with Crippen LogP contribution in [0, 0.1) is 0 Å². The summed E-state index contributed by atoms with van der Waals surface area (Å²) in [6.07, 6.45) is 0.585. The van der Waals surface area contributed by atoms with Gasteiger partial charge in [0, 0.05) is 12.8 Å². The van der Waals surface area contributed by atoms with Crippen molar-refractivity contribution >= 4 is 44.4 Å². The van der Waals surface area contributed by atoms with E-state index in [4.69, 9.17) is 9.94 Å². The molecule has 9 nitrogen and oxygen atoms in total. The summed E-state index contributed by atoms with van der Waals surface area (Å²) in [5, 5.41) is 13.8. The summed E-state index contributed by atoms with van der Waals surface area (Å²) >= 11 is 1.35. The Morgan fingerprint density at radius 3 is 2.69 bits per heavy atom. The van der Waals surface area contributed by atoms with E-state index >= 15 is 0 Å². The zero-order valence-electron chi connectivity index (χ0n) is 14.2. The van der Waals surface area contributed by atoms with Crippen LogP contribution in [0.15, 0.2) is 18.2 Å². The number of amides is 3. The van der Waals surface area contributed by atoms with Crippen molar-refractivity contribution in [3.63, 3.8) is 0 Å². The molecule has 0 radical (unpaired) electrons. The predicted octanol–water partition coefficient (Wildman–Crippen LogP) is 1.43. The van der Waals surface area contributed by atoms with Crippen molar-refractivity contribution in [1.29, 1.82) is 0 Å². The lowest BCUT2D eigenvalue weighted by atomic mass is 10.2. The second kappa shape index (κ2) is 9.68. The van der Waals surface area contributed by atoms with Gasteiger partial charge in [-0.1, -0.05) is 11.3 Å². The van der Waals surface area contributed by atoms with Crippen LogP contribution < -0.4 is 20.9 Å². The summed E-state index contributed by atoms with van der Waals surface area (Å²) in [7, 11) is 0. The summed E-state index contributed by atoms with van der Waals surface area (Å²) in [5.41, 5.74) is 2.19. The first-order chi connectivity index (χ1) is 12.5. The molecule has 0 aliphatic rings. The topological polar surface area (TPSA) is 130 Å². The number of hydroxylamine groups is 1. The van der Waals surface area contributed by atoms with Crippen molar-refractivity contribution in [2.75, 3.05) is 18.5 Å². The van der Waals surface area contributed by atoms with Crippen LogP contribution in [0.2, 0.25) is 0 Å². The number of rotatable bonds is 9. The highest BCUT2D eigenvalue weighted by Gasteiger charge is 2.10. The molecular weight excluding hydrogens is 360 g/mol. The summed E-state index contributed by atoms with van der Waals surface area (Å²) in [4.78, 5) is 38.6. The number of anilines is 1. The molecule has 3 amide bonds. The third kappa shape index (κ3) is 5.97. The summed E-state index contributed by atoms with van der Waals surface area (Å²) in [6.45, 7) is 2.17. The average Bonchev–Trinajstić information content (AvgIpc) is 3.01. The van der Waals surface area contributed by atoms with Gasteiger partial charge in [0.2, 0.25) is 11.8 Å². The van der Waals surface area contributed by atoms with E-state index in [1.54, 1.807) is 0 Å². The Hall–Kier alpha value is -2.72. The molecule has 0 saturated heterocycles. The lowest BCUT2D eigenvalue weighted by Crippen LogP contribution is -2.35. The van der Waals surface area contributed by atoms with Gasteiger partial charge in [0.15, 0.2) is 5.13 Å². The summed E-state index contributed by atoms with van der Waals surface area (Å²) in [6, 6.07) is 5.53. The maximum absolute atomic E-state index is 12.0. The Kier molecular flexibility index (Phi) is 7.30. The van der Waals surface area contributed by atoms with Crippen LogP contribution in [0.3, 0.4) is 0 Å². The number of aromatic nitrogens is 1. The molecule has 2 aromatic rings. The summed E-state index contributed by atoms with van der Waals surface area (Å²) < 4.78 is 6.35. The minimum atomic E-state index is -0.709. The molecule has 0 bridgehead atoms. The predicted molar refractivity (Wildman–Crippen MR) is 96.2 cm³/mol. The number of nitrogens with one attached hydrogen (secondary N) is 3. The van der Waals surface area contributed by atoms with Crippen molar-refractivity contribution in [1.82, 2.24) is 15.8 Å². The Bertz CT molecular complexity index is 792. The van der Waals surface area contributed by atoms with Gasteiger partial charge in [-0.05, 0) is 31.5 Å². The zero-order chi connectivity index (χ0) is 18.9. The molecule has 1 heterocycles. The van der Waals surface area contributed by atoms with Gasteiger partial charge in [-0.3, -0.25) is 19.6 Å². The molecule has 2 rings (SSSR count). The fourth-order valence-electron chi connectivity index (χ4n) is 2.11. The molecule has 0 aliphatic heterocycles. The third-order valence-corrected chi connectivity index (χ3v) is 4.23. The zero-order valence-corrected chi connectivity index (χ0v) is 15.0. The Morgan fingerprint density at radius 1 is 1.19 bits per heavy atom. The molecular formula is C16H20N4O5S. The van der Waals surface area contributed by atoms with Crippen LogP contribution in [0.25, 0.3) is 10.2 Å². The number of thiazole rings is 1. The normalized spacial score (nSPS) is 10.4. The second-order valence-corrected chi connectivity index (χ2v) is 6.33. The van der Waals surface area contributed by atoms with Crippen molar-refractivity contribution in [2.24, 2.45) is 0 Å². The highest BCUT2D eigenvalue weighted by molar-refractivity contribution is 7.22. The smallest absolute Gasteiger partial charge is 0.262 e. The van der Waals surface area contributed by atoms with E-state index in [0.29, 0.717) is 18.2 Å². The molecule has 4 N–H and O–H groups in total. The SMILES string of the molecule is CCOc1ccc2nc(NC(=O)CCCC(=O)NCC(=O)NO)sc2c1. The van der Waals surface area contributed by atoms with E-state index in [1.807, 2.05) is 25.1 Å². The maximum Gasteiger partial charge on any atom is 0.262 e. The molecule has 140 valence electrons. The minimum Gasteiger partial charge on any atom is -0.494 e. The number of carbonyl (C=O) groups excluding carboxylic acids is 3. The van der Waals surface area contributed by atoms with E-state index in [1.165, 1.54) is 16.8 Å². The first kappa shape index (κ1) is 19.6. The molecule has 0 unspecified atom stereocenters. The Morgan fingerprint density at radius 2 is 1.96 bits per heavy atom. The maximum atomic E-state index is 12.0. The molecule has 1 aromatic carbocycles. The number of carbonyl (C=O) groups is 3. The van der Waals surface area contributed by atoms with Gasteiger partial charge < -0.3 is 15.4 Å². The van der Waals surface area contributed by atoms with Crippen molar-refractivity contribution < 1.29 is 24.3 Å². The fourth-order valence-corrected chi connectivity index (χ4v) is 3.02. The number of nitrogens with zero attached hydrogens (tertiary/aromatic N) is 1. The van der Waals surface area contributed by atoms with Crippen LogP contribution in [-0.4, -0.2) is 41.1 Å². The first-order valence-electron chi connectivity index (χ1n) is 8.04. The van der Waals surface area contributed by atoms with Gasteiger partial charge in [-0.2, -0.15) is 0 Å². The number of hydrogen-bond acceptors (Lipinski definition) is 7. The monoisotopic (exact) mass is 380 g/mol. The highest BCUT2D eigenvalue weighted by Crippen LogP contribution is 2.29.